The maximum Gasteiger partial charge on any atom is 0.253 e. The minimum absolute atomic E-state index is 0.0157. The smallest absolute Gasteiger partial charge is 0.253 e. The zero-order valence-electron chi connectivity index (χ0n) is 15.2. The minimum atomic E-state index is -0.288. The van der Waals surface area contributed by atoms with E-state index in [4.69, 9.17) is 0 Å². The van der Waals surface area contributed by atoms with Gasteiger partial charge in [-0.2, -0.15) is 0 Å². The third-order valence-corrected chi connectivity index (χ3v) is 4.52. The predicted molar refractivity (Wildman–Crippen MR) is 105 cm³/mol. The topological polar surface area (TPSA) is 49.4 Å². The van der Waals surface area contributed by atoms with E-state index in [0.29, 0.717) is 11.3 Å². The number of piperidine rings is 1. The minimum Gasteiger partial charge on any atom is -0.339 e. The first-order valence-electron chi connectivity index (χ1n) is 9.23. The molecule has 1 fully saturated rings. The molecule has 0 atom stereocenters. The van der Waals surface area contributed by atoms with Crippen LogP contribution in [0.4, 0.5) is 10.1 Å². The molecule has 0 bridgehead atoms. The molecule has 27 heavy (non-hydrogen) atoms. The van der Waals surface area contributed by atoms with Crippen LogP contribution in [0.5, 0.6) is 0 Å². The van der Waals surface area contributed by atoms with Gasteiger partial charge in [-0.3, -0.25) is 9.59 Å². The fraction of sp³-hybridized carbons (Fsp3) is 0.273. The molecule has 2 aromatic rings. The number of amides is 2. The average molecular weight is 366 g/mol. The third-order valence-electron chi connectivity index (χ3n) is 4.52. The highest BCUT2D eigenvalue weighted by atomic mass is 19.1. The molecule has 4 nitrogen and oxygen atoms in total. The third kappa shape index (κ3) is 5.51. The summed E-state index contributed by atoms with van der Waals surface area (Å²) in [4.78, 5) is 26.6. The molecule has 0 unspecified atom stereocenters. The second-order valence-corrected chi connectivity index (χ2v) is 6.64. The summed E-state index contributed by atoms with van der Waals surface area (Å²) in [6.07, 6.45) is 6.96. The molecule has 5 heteroatoms. The van der Waals surface area contributed by atoms with E-state index < -0.39 is 0 Å². The second-order valence-electron chi connectivity index (χ2n) is 6.64. The van der Waals surface area contributed by atoms with Crippen molar-refractivity contribution in [3.05, 3.63) is 71.6 Å². The van der Waals surface area contributed by atoms with Crippen molar-refractivity contribution >= 4 is 23.6 Å². The number of likely N-dealkylation sites (tertiary alicyclic amines) is 1. The van der Waals surface area contributed by atoms with E-state index in [1.54, 1.807) is 48.6 Å². The fourth-order valence-electron chi connectivity index (χ4n) is 3.10. The summed E-state index contributed by atoms with van der Waals surface area (Å²) < 4.78 is 12.9. The van der Waals surface area contributed by atoms with Crippen LogP contribution in [0, 0.1) is 5.82 Å². The first-order chi connectivity index (χ1) is 13.1. The van der Waals surface area contributed by atoms with Crippen LogP contribution < -0.4 is 5.32 Å². The van der Waals surface area contributed by atoms with E-state index in [0.717, 1.165) is 31.5 Å². The van der Waals surface area contributed by atoms with Crippen LogP contribution in [0.1, 0.15) is 41.6 Å². The number of hydrogen-bond donors (Lipinski definition) is 1. The molecule has 2 aromatic carbocycles. The molecule has 1 saturated heterocycles. The maximum atomic E-state index is 12.9. The number of rotatable bonds is 5. The molecule has 1 aliphatic heterocycles. The van der Waals surface area contributed by atoms with Crippen molar-refractivity contribution in [2.24, 2.45) is 0 Å². The maximum absolute atomic E-state index is 12.9. The Balaban J connectivity index is 1.56. The zero-order chi connectivity index (χ0) is 19.1. The van der Waals surface area contributed by atoms with Crippen LogP contribution in [0.25, 0.3) is 6.08 Å². The highest BCUT2D eigenvalue weighted by Gasteiger charge is 2.18. The summed E-state index contributed by atoms with van der Waals surface area (Å²) >= 11 is 0. The number of carbonyl (C=O) groups excluding carboxylic acids is 2. The van der Waals surface area contributed by atoms with Gasteiger partial charge in [0.15, 0.2) is 0 Å². The van der Waals surface area contributed by atoms with E-state index >= 15 is 0 Å². The summed E-state index contributed by atoms with van der Waals surface area (Å²) in [5.41, 5.74) is 2.04. The SMILES string of the molecule is O=C(CC=Cc1ccc(F)cc1)Nc1cccc(C(=O)N2CCCCC2)c1. The van der Waals surface area contributed by atoms with Crippen molar-refractivity contribution in [2.45, 2.75) is 25.7 Å². The van der Waals surface area contributed by atoms with E-state index in [1.165, 1.54) is 18.6 Å². The van der Waals surface area contributed by atoms with Crippen molar-refractivity contribution in [1.82, 2.24) is 4.90 Å². The number of hydrogen-bond acceptors (Lipinski definition) is 2. The molecule has 1 heterocycles. The lowest BCUT2D eigenvalue weighted by molar-refractivity contribution is -0.115. The molecule has 0 aliphatic carbocycles. The van der Waals surface area contributed by atoms with Gasteiger partial charge in [-0.25, -0.2) is 4.39 Å². The Labute approximate surface area is 158 Å². The van der Waals surface area contributed by atoms with Gasteiger partial charge in [0, 0.05) is 30.8 Å². The monoisotopic (exact) mass is 366 g/mol. The van der Waals surface area contributed by atoms with Crippen molar-refractivity contribution in [3.63, 3.8) is 0 Å². The van der Waals surface area contributed by atoms with Gasteiger partial charge in [0.2, 0.25) is 5.91 Å². The van der Waals surface area contributed by atoms with Gasteiger partial charge in [-0.1, -0.05) is 30.4 Å². The number of carbonyl (C=O) groups is 2. The summed E-state index contributed by atoms with van der Waals surface area (Å²) in [5.74, 6) is -0.443. The van der Waals surface area contributed by atoms with Crippen LogP contribution in [0.3, 0.4) is 0 Å². The van der Waals surface area contributed by atoms with Crippen molar-refractivity contribution in [2.75, 3.05) is 18.4 Å². The van der Waals surface area contributed by atoms with E-state index in [1.807, 2.05) is 4.90 Å². The van der Waals surface area contributed by atoms with Crippen LogP contribution in [-0.4, -0.2) is 29.8 Å². The highest BCUT2D eigenvalue weighted by molar-refractivity contribution is 5.97. The standard InChI is InChI=1S/C22H23FN2O2/c23-19-12-10-17(11-13-19)6-4-9-21(26)24-20-8-5-7-18(16-20)22(27)25-14-2-1-3-15-25/h4-8,10-13,16H,1-3,9,14-15H2,(H,24,26). The molecule has 0 aromatic heterocycles. The summed E-state index contributed by atoms with van der Waals surface area (Å²) in [7, 11) is 0. The van der Waals surface area contributed by atoms with E-state index in [2.05, 4.69) is 5.32 Å². The van der Waals surface area contributed by atoms with Gasteiger partial charge in [-0.15, -0.1) is 0 Å². The average Bonchev–Trinajstić information content (AvgIpc) is 2.70. The molecule has 140 valence electrons. The Kier molecular flexibility index (Phi) is 6.36. The summed E-state index contributed by atoms with van der Waals surface area (Å²) in [6, 6.07) is 13.1. The Hall–Kier alpha value is -2.95. The lowest BCUT2D eigenvalue weighted by Gasteiger charge is -2.26. The Bertz CT molecular complexity index is 824. The highest BCUT2D eigenvalue weighted by Crippen LogP contribution is 2.16. The predicted octanol–water partition coefficient (Wildman–Crippen LogP) is 4.49. The van der Waals surface area contributed by atoms with Gasteiger partial charge in [0.05, 0.1) is 0 Å². The zero-order valence-corrected chi connectivity index (χ0v) is 15.2. The largest absolute Gasteiger partial charge is 0.339 e. The molecule has 0 saturated carbocycles. The molecule has 1 N–H and O–H groups in total. The number of anilines is 1. The van der Waals surface area contributed by atoms with Gasteiger partial charge >= 0.3 is 0 Å². The van der Waals surface area contributed by atoms with Crippen LogP contribution in [-0.2, 0) is 4.79 Å². The lowest BCUT2D eigenvalue weighted by atomic mass is 10.1. The lowest BCUT2D eigenvalue weighted by Crippen LogP contribution is -2.35. The fourth-order valence-corrected chi connectivity index (χ4v) is 3.10. The van der Waals surface area contributed by atoms with Gasteiger partial charge in [-0.05, 0) is 55.2 Å². The van der Waals surface area contributed by atoms with Crippen LogP contribution in [0.2, 0.25) is 0 Å². The van der Waals surface area contributed by atoms with Crippen molar-refractivity contribution in [1.29, 1.82) is 0 Å². The number of nitrogens with one attached hydrogen (secondary N) is 1. The van der Waals surface area contributed by atoms with Crippen molar-refractivity contribution < 1.29 is 14.0 Å². The molecule has 1 aliphatic rings. The number of benzene rings is 2. The molecule has 3 rings (SSSR count). The number of halogens is 1. The Morgan fingerprint density at radius 2 is 1.78 bits per heavy atom. The Morgan fingerprint density at radius 3 is 2.52 bits per heavy atom. The van der Waals surface area contributed by atoms with Crippen LogP contribution >= 0.6 is 0 Å². The first-order valence-corrected chi connectivity index (χ1v) is 9.23. The van der Waals surface area contributed by atoms with Gasteiger partial charge in [0.1, 0.15) is 5.82 Å². The molecule has 2 amide bonds. The Morgan fingerprint density at radius 1 is 1.04 bits per heavy atom. The summed E-state index contributed by atoms with van der Waals surface area (Å²) in [5, 5.41) is 2.81. The molecular formula is C22H23FN2O2. The molecular weight excluding hydrogens is 343 g/mol. The van der Waals surface area contributed by atoms with E-state index in [-0.39, 0.29) is 24.1 Å². The summed E-state index contributed by atoms with van der Waals surface area (Å²) in [6.45, 7) is 1.59. The van der Waals surface area contributed by atoms with E-state index in [9.17, 15) is 14.0 Å². The normalized spacial score (nSPS) is 14.3. The van der Waals surface area contributed by atoms with Gasteiger partial charge < -0.3 is 10.2 Å². The van der Waals surface area contributed by atoms with Crippen molar-refractivity contribution in [3.8, 4) is 0 Å². The second kappa shape index (κ2) is 9.12. The number of nitrogens with zero attached hydrogens (tertiary/aromatic N) is 1. The molecule has 0 spiro atoms. The quantitative estimate of drug-likeness (QED) is 0.847. The molecule has 0 radical (unpaired) electrons. The van der Waals surface area contributed by atoms with Gasteiger partial charge in [0.25, 0.3) is 5.91 Å². The van der Waals surface area contributed by atoms with Crippen LogP contribution in [0.15, 0.2) is 54.6 Å². The first kappa shape index (κ1) is 18.8.